The van der Waals surface area contributed by atoms with E-state index in [-0.39, 0.29) is 11.7 Å². The lowest BCUT2D eigenvalue weighted by Gasteiger charge is -2.32. The summed E-state index contributed by atoms with van der Waals surface area (Å²) in [5.41, 5.74) is 0.318. The van der Waals surface area contributed by atoms with Crippen LogP contribution in [0.1, 0.15) is 31.2 Å². The monoisotopic (exact) mass is 276 g/mol. The van der Waals surface area contributed by atoms with Gasteiger partial charge in [0.25, 0.3) is 0 Å². The van der Waals surface area contributed by atoms with Gasteiger partial charge in [-0.05, 0) is 30.5 Å². The Labute approximate surface area is 118 Å². The quantitative estimate of drug-likeness (QED) is 0.883. The number of halogens is 1. The Morgan fingerprint density at radius 2 is 2.10 bits per heavy atom. The molecule has 1 aliphatic heterocycles. The topological polar surface area (TPSA) is 41.1 Å². The summed E-state index contributed by atoms with van der Waals surface area (Å²) < 4.78 is 13.5. The molecule has 0 radical (unpaired) electrons. The highest BCUT2D eigenvalue weighted by Gasteiger charge is 2.42. The summed E-state index contributed by atoms with van der Waals surface area (Å²) in [4.78, 5) is 12.7. The zero-order chi connectivity index (χ0) is 14.0. The minimum Gasteiger partial charge on any atom is -0.355 e. The van der Waals surface area contributed by atoms with E-state index in [1.165, 1.54) is 12.1 Å². The van der Waals surface area contributed by atoms with Crippen molar-refractivity contribution in [2.45, 2.75) is 31.1 Å². The molecule has 0 atom stereocenters. The van der Waals surface area contributed by atoms with Gasteiger partial charge in [-0.25, -0.2) is 4.39 Å². The van der Waals surface area contributed by atoms with Crippen LogP contribution in [0.2, 0.25) is 0 Å². The summed E-state index contributed by atoms with van der Waals surface area (Å²) in [6, 6.07) is 6.55. The minimum absolute atomic E-state index is 0.0764. The fourth-order valence-corrected chi connectivity index (χ4v) is 3.31. The zero-order valence-electron chi connectivity index (χ0n) is 11.6. The number of benzene rings is 1. The predicted octanol–water partition coefficient (Wildman–Crippen LogP) is 1.97. The fourth-order valence-electron chi connectivity index (χ4n) is 3.31. The Morgan fingerprint density at radius 3 is 2.70 bits per heavy atom. The van der Waals surface area contributed by atoms with Crippen molar-refractivity contribution in [3.63, 3.8) is 0 Å². The third-order valence-corrected chi connectivity index (χ3v) is 4.69. The maximum absolute atomic E-state index is 13.5. The average Bonchev–Trinajstić information content (AvgIpc) is 2.87. The highest BCUT2D eigenvalue weighted by Crippen LogP contribution is 2.41. The summed E-state index contributed by atoms with van der Waals surface area (Å²) in [7, 11) is 0. The van der Waals surface area contributed by atoms with Crippen LogP contribution in [0, 0.1) is 11.7 Å². The summed E-state index contributed by atoms with van der Waals surface area (Å²) in [6.07, 6.45) is 3.72. The van der Waals surface area contributed by atoms with Gasteiger partial charge in [0.1, 0.15) is 5.82 Å². The average molecular weight is 276 g/mol. The lowest BCUT2D eigenvalue weighted by molar-refractivity contribution is -0.126. The normalized spacial score (nSPS) is 21.4. The van der Waals surface area contributed by atoms with Gasteiger partial charge in [0, 0.05) is 25.6 Å². The molecule has 0 unspecified atom stereocenters. The van der Waals surface area contributed by atoms with Gasteiger partial charge in [-0.15, -0.1) is 0 Å². The second-order valence-corrected chi connectivity index (χ2v) is 6.03. The van der Waals surface area contributed by atoms with E-state index >= 15 is 0 Å². The first-order chi connectivity index (χ1) is 9.71. The van der Waals surface area contributed by atoms with Crippen LogP contribution in [0.25, 0.3) is 0 Å². The number of carbonyl (C=O) groups excluding carboxylic acids is 1. The molecule has 20 heavy (non-hydrogen) atoms. The second-order valence-electron chi connectivity index (χ2n) is 6.03. The Hall–Kier alpha value is -1.42. The molecule has 1 aromatic rings. The molecule has 1 aliphatic carbocycles. The van der Waals surface area contributed by atoms with E-state index < -0.39 is 5.41 Å². The molecule has 1 heterocycles. The number of carbonyl (C=O) groups is 1. The second kappa shape index (κ2) is 5.52. The van der Waals surface area contributed by atoms with Crippen molar-refractivity contribution in [3.05, 3.63) is 35.6 Å². The van der Waals surface area contributed by atoms with Gasteiger partial charge in [0.05, 0.1) is 5.41 Å². The molecular formula is C16H21FN2O. The van der Waals surface area contributed by atoms with Crippen molar-refractivity contribution in [2.24, 2.45) is 5.92 Å². The SMILES string of the molecule is O=C(NCC1CNC1)C1(c2cccc(F)c2)CCCC1. The van der Waals surface area contributed by atoms with Gasteiger partial charge in [-0.2, -0.15) is 0 Å². The van der Waals surface area contributed by atoms with Crippen molar-refractivity contribution in [3.8, 4) is 0 Å². The van der Waals surface area contributed by atoms with Crippen molar-refractivity contribution >= 4 is 5.91 Å². The molecule has 1 saturated carbocycles. The summed E-state index contributed by atoms with van der Waals surface area (Å²) in [5.74, 6) is 0.363. The van der Waals surface area contributed by atoms with E-state index in [0.717, 1.165) is 50.9 Å². The van der Waals surface area contributed by atoms with Crippen LogP contribution in [0.5, 0.6) is 0 Å². The molecule has 2 fully saturated rings. The van der Waals surface area contributed by atoms with E-state index in [0.29, 0.717) is 5.92 Å². The van der Waals surface area contributed by atoms with Crippen LogP contribution >= 0.6 is 0 Å². The Kier molecular flexibility index (Phi) is 3.74. The third-order valence-electron chi connectivity index (χ3n) is 4.69. The smallest absolute Gasteiger partial charge is 0.230 e. The highest BCUT2D eigenvalue weighted by molar-refractivity contribution is 5.88. The number of hydrogen-bond acceptors (Lipinski definition) is 2. The molecule has 1 aromatic carbocycles. The summed E-state index contributed by atoms with van der Waals surface area (Å²) in [6.45, 7) is 2.68. The third kappa shape index (κ3) is 2.44. The van der Waals surface area contributed by atoms with Gasteiger partial charge in [0.15, 0.2) is 0 Å². The van der Waals surface area contributed by atoms with E-state index in [1.807, 2.05) is 6.07 Å². The Bertz CT molecular complexity index is 493. The molecule has 3 nitrogen and oxygen atoms in total. The van der Waals surface area contributed by atoms with Gasteiger partial charge in [-0.3, -0.25) is 4.79 Å². The van der Waals surface area contributed by atoms with E-state index in [2.05, 4.69) is 10.6 Å². The van der Waals surface area contributed by atoms with Crippen LogP contribution in [0.15, 0.2) is 24.3 Å². The molecule has 108 valence electrons. The van der Waals surface area contributed by atoms with Crippen LogP contribution in [0.3, 0.4) is 0 Å². The summed E-state index contributed by atoms with van der Waals surface area (Å²) >= 11 is 0. The first-order valence-corrected chi connectivity index (χ1v) is 7.46. The maximum Gasteiger partial charge on any atom is 0.230 e. The van der Waals surface area contributed by atoms with Crippen LogP contribution < -0.4 is 10.6 Å². The van der Waals surface area contributed by atoms with Crippen LogP contribution in [0.4, 0.5) is 4.39 Å². The lowest BCUT2D eigenvalue weighted by atomic mass is 9.78. The van der Waals surface area contributed by atoms with Gasteiger partial charge >= 0.3 is 0 Å². The molecule has 4 heteroatoms. The van der Waals surface area contributed by atoms with Crippen molar-refractivity contribution in [1.82, 2.24) is 10.6 Å². The molecule has 2 aliphatic rings. The molecule has 2 N–H and O–H groups in total. The molecule has 1 amide bonds. The van der Waals surface area contributed by atoms with E-state index in [4.69, 9.17) is 0 Å². The number of rotatable bonds is 4. The standard InChI is InChI=1S/C16H21FN2O/c17-14-5-3-4-13(8-14)16(6-1-2-7-16)15(20)19-11-12-9-18-10-12/h3-5,8,12,18H,1-2,6-7,9-11H2,(H,19,20). The van der Waals surface area contributed by atoms with Crippen LogP contribution in [-0.2, 0) is 10.2 Å². The van der Waals surface area contributed by atoms with Gasteiger partial charge in [-0.1, -0.05) is 25.0 Å². The van der Waals surface area contributed by atoms with Crippen molar-refractivity contribution in [2.75, 3.05) is 19.6 Å². The Balaban J connectivity index is 1.77. The van der Waals surface area contributed by atoms with E-state index in [1.54, 1.807) is 6.07 Å². The lowest BCUT2D eigenvalue weighted by Crippen LogP contribution is -2.51. The maximum atomic E-state index is 13.5. The predicted molar refractivity (Wildman–Crippen MR) is 75.9 cm³/mol. The number of hydrogen-bond donors (Lipinski definition) is 2. The zero-order valence-corrected chi connectivity index (χ0v) is 11.6. The molecule has 0 spiro atoms. The fraction of sp³-hybridized carbons (Fsp3) is 0.562. The van der Waals surface area contributed by atoms with Crippen LogP contribution in [-0.4, -0.2) is 25.5 Å². The highest BCUT2D eigenvalue weighted by atomic mass is 19.1. The van der Waals surface area contributed by atoms with Crippen molar-refractivity contribution in [1.29, 1.82) is 0 Å². The van der Waals surface area contributed by atoms with Crippen molar-refractivity contribution < 1.29 is 9.18 Å². The number of amides is 1. The summed E-state index contributed by atoms with van der Waals surface area (Å²) in [5, 5.41) is 6.29. The Morgan fingerprint density at radius 1 is 1.35 bits per heavy atom. The van der Waals surface area contributed by atoms with Gasteiger partial charge < -0.3 is 10.6 Å². The molecule has 1 saturated heterocycles. The molecular weight excluding hydrogens is 255 g/mol. The molecule has 3 rings (SSSR count). The first-order valence-electron chi connectivity index (χ1n) is 7.46. The first kappa shape index (κ1) is 13.6. The molecule has 0 aromatic heterocycles. The van der Waals surface area contributed by atoms with E-state index in [9.17, 15) is 9.18 Å². The minimum atomic E-state index is -0.515. The molecule has 0 bridgehead atoms. The van der Waals surface area contributed by atoms with Gasteiger partial charge in [0.2, 0.25) is 5.91 Å². The largest absolute Gasteiger partial charge is 0.355 e. The number of nitrogens with one attached hydrogen (secondary N) is 2.